The first-order valence-electron chi connectivity index (χ1n) is 11.4. The van der Waals surface area contributed by atoms with Crippen molar-refractivity contribution in [3.05, 3.63) is 120 Å². The molecule has 0 radical (unpaired) electrons. The normalized spacial score (nSPS) is 11.7. The fourth-order valence-corrected chi connectivity index (χ4v) is 6.72. The minimum Gasteiger partial charge on any atom is -0.135 e. The molecule has 0 bridgehead atoms. The van der Waals surface area contributed by atoms with E-state index in [1.54, 1.807) is 0 Å². The van der Waals surface area contributed by atoms with Gasteiger partial charge in [-0.15, -0.1) is 11.3 Å². The van der Waals surface area contributed by atoms with Crippen LogP contribution in [-0.2, 0) is 0 Å². The van der Waals surface area contributed by atoms with Crippen molar-refractivity contribution in [1.82, 2.24) is 0 Å². The Bertz CT molecular complexity index is 1860. The van der Waals surface area contributed by atoms with Crippen LogP contribution in [0.4, 0.5) is 0 Å². The quantitative estimate of drug-likeness (QED) is 0.201. The van der Waals surface area contributed by atoms with E-state index in [1.807, 2.05) is 11.3 Å². The number of hydrogen-bond donors (Lipinski definition) is 0. The standard InChI is InChI=1S/C32H19BrS/c33-24-12-14-28-30-17-22(11-15-31(30)34-32(28)19-24)21-10-13-25-23(16-21)18-29(20-6-2-1-3-7-20)27-9-5-4-8-26(25)27/h1-19H. The number of halogens is 1. The topological polar surface area (TPSA) is 0 Å². The zero-order valence-corrected chi connectivity index (χ0v) is 20.7. The molecule has 0 unspecified atom stereocenters. The number of fused-ring (bicyclic) bond motifs is 6. The highest BCUT2D eigenvalue weighted by molar-refractivity contribution is 9.10. The van der Waals surface area contributed by atoms with E-state index in [0.29, 0.717) is 0 Å². The van der Waals surface area contributed by atoms with Crippen molar-refractivity contribution in [2.24, 2.45) is 0 Å². The fraction of sp³-hybridized carbons (Fsp3) is 0. The summed E-state index contributed by atoms with van der Waals surface area (Å²) in [5.41, 5.74) is 5.04. The molecule has 7 rings (SSSR count). The van der Waals surface area contributed by atoms with E-state index in [4.69, 9.17) is 0 Å². The third-order valence-electron chi connectivity index (χ3n) is 6.71. The van der Waals surface area contributed by atoms with Crippen LogP contribution >= 0.6 is 27.3 Å². The Morgan fingerprint density at radius 3 is 2.06 bits per heavy atom. The van der Waals surface area contributed by atoms with Crippen LogP contribution < -0.4 is 0 Å². The highest BCUT2D eigenvalue weighted by Gasteiger charge is 2.11. The van der Waals surface area contributed by atoms with Crippen molar-refractivity contribution in [2.75, 3.05) is 0 Å². The summed E-state index contributed by atoms with van der Waals surface area (Å²) in [6.07, 6.45) is 0. The van der Waals surface area contributed by atoms with E-state index in [2.05, 4.69) is 131 Å². The maximum Gasteiger partial charge on any atom is 0.0366 e. The van der Waals surface area contributed by atoms with Gasteiger partial charge in [-0.3, -0.25) is 0 Å². The molecule has 0 aliphatic heterocycles. The molecule has 0 aliphatic rings. The van der Waals surface area contributed by atoms with Crippen molar-refractivity contribution in [2.45, 2.75) is 0 Å². The van der Waals surface area contributed by atoms with Crippen molar-refractivity contribution in [3.8, 4) is 22.3 Å². The summed E-state index contributed by atoms with van der Waals surface area (Å²) in [5, 5.41) is 7.82. The molecule has 1 heterocycles. The van der Waals surface area contributed by atoms with Crippen LogP contribution in [0.15, 0.2) is 120 Å². The lowest BCUT2D eigenvalue weighted by atomic mass is 9.91. The van der Waals surface area contributed by atoms with Gasteiger partial charge in [-0.1, -0.05) is 94.8 Å². The van der Waals surface area contributed by atoms with Gasteiger partial charge in [0.2, 0.25) is 0 Å². The molecule has 0 fully saturated rings. The lowest BCUT2D eigenvalue weighted by molar-refractivity contribution is 1.66. The Labute approximate surface area is 210 Å². The third kappa shape index (κ3) is 3.18. The van der Waals surface area contributed by atoms with Crippen molar-refractivity contribution < 1.29 is 0 Å². The van der Waals surface area contributed by atoms with Gasteiger partial charge in [0.05, 0.1) is 0 Å². The fourth-order valence-electron chi connectivity index (χ4n) is 5.08. The second-order valence-corrected chi connectivity index (χ2v) is 10.7. The molecule has 0 saturated heterocycles. The molecule has 7 aromatic rings. The Hall–Kier alpha value is -3.46. The van der Waals surface area contributed by atoms with E-state index in [0.717, 1.165) is 4.47 Å². The number of rotatable bonds is 2. The molecule has 0 nitrogen and oxygen atoms in total. The molecule has 1 aromatic heterocycles. The number of thiophene rings is 1. The molecule has 0 N–H and O–H groups in total. The molecule has 2 heteroatoms. The van der Waals surface area contributed by atoms with Gasteiger partial charge in [-0.25, -0.2) is 0 Å². The molecular formula is C32H19BrS. The Kier molecular flexibility index (Phi) is 4.58. The van der Waals surface area contributed by atoms with Gasteiger partial charge in [0.15, 0.2) is 0 Å². The molecule has 0 spiro atoms. The first-order valence-corrected chi connectivity index (χ1v) is 13.0. The van der Waals surface area contributed by atoms with Crippen LogP contribution in [0.25, 0.3) is 64.0 Å². The molecule has 0 aliphatic carbocycles. The summed E-state index contributed by atoms with van der Waals surface area (Å²) in [6.45, 7) is 0. The van der Waals surface area contributed by atoms with Crippen molar-refractivity contribution in [1.29, 1.82) is 0 Å². The predicted octanol–water partition coefficient (Wildman–Crippen LogP) is 10.5. The molecule has 0 amide bonds. The minimum absolute atomic E-state index is 1.13. The summed E-state index contributed by atoms with van der Waals surface area (Å²) in [6, 6.07) is 42.2. The molecular weight excluding hydrogens is 496 g/mol. The summed E-state index contributed by atoms with van der Waals surface area (Å²) < 4.78 is 3.77. The summed E-state index contributed by atoms with van der Waals surface area (Å²) >= 11 is 5.46. The zero-order valence-electron chi connectivity index (χ0n) is 18.3. The second kappa shape index (κ2) is 7.80. The first-order chi connectivity index (χ1) is 16.7. The monoisotopic (exact) mass is 514 g/mol. The molecule has 0 saturated carbocycles. The zero-order chi connectivity index (χ0) is 22.6. The van der Waals surface area contributed by atoms with Crippen LogP contribution in [0, 0.1) is 0 Å². The Morgan fingerprint density at radius 2 is 1.18 bits per heavy atom. The van der Waals surface area contributed by atoms with Crippen molar-refractivity contribution >= 4 is 69.0 Å². The van der Waals surface area contributed by atoms with E-state index >= 15 is 0 Å². The van der Waals surface area contributed by atoms with Crippen molar-refractivity contribution in [3.63, 3.8) is 0 Å². The predicted molar refractivity (Wildman–Crippen MR) is 153 cm³/mol. The summed E-state index contributed by atoms with van der Waals surface area (Å²) in [4.78, 5) is 0. The SMILES string of the molecule is Brc1ccc2c(c1)sc1ccc(-c3ccc4c(c3)cc(-c3ccccc3)c3ccccc34)cc12. The maximum atomic E-state index is 3.61. The van der Waals surface area contributed by atoms with Crippen LogP contribution in [-0.4, -0.2) is 0 Å². The average Bonchev–Trinajstić information content (AvgIpc) is 3.25. The van der Waals surface area contributed by atoms with Crippen LogP contribution in [0.1, 0.15) is 0 Å². The smallest absolute Gasteiger partial charge is 0.0366 e. The first kappa shape index (κ1) is 20.0. The number of benzene rings is 6. The Balaban J connectivity index is 1.46. The van der Waals surface area contributed by atoms with E-state index in [1.165, 1.54) is 64.0 Å². The van der Waals surface area contributed by atoms with Gasteiger partial charge in [0.1, 0.15) is 0 Å². The second-order valence-electron chi connectivity index (χ2n) is 8.73. The van der Waals surface area contributed by atoms with Gasteiger partial charge in [-0.05, 0) is 80.2 Å². The molecule has 6 aromatic carbocycles. The van der Waals surface area contributed by atoms with Crippen LogP contribution in [0.5, 0.6) is 0 Å². The largest absolute Gasteiger partial charge is 0.135 e. The molecule has 160 valence electrons. The molecule has 0 atom stereocenters. The van der Waals surface area contributed by atoms with E-state index in [9.17, 15) is 0 Å². The third-order valence-corrected chi connectivity index (χ3v) is 8.34. The maximum absolute atomic E-state index is 3.61. The van der Waals surface area contributed by atoms with Gasteiger partial charge in [-0.2, -0.15) is 0 Å². The van der Waals surface area contributed by atoms with E-state index < -0.39 is 0 Å². The average molecular weight is 515 g/mol. The lowest BCUT2D eigenvalue weighted by Crippen LogP contribution is -1.86. The van der Waals surface area contributed by atoms with Crippen LogP contribution in [0.2, 0.25) is 0 Å². The highest BCUT2D eigenvalue weighted by atomic mass is 79.9. The lowest BCUT2D eigenvalue weighted by Gasteiger charge is -2.12. The minimum atomic E-state index is 1.13. The van der Waals surface area contributed by atoms with Gasteiger partial charge in [0, 0.05) is 24.6 Å². The molecule has 34 heavy (non-hydrogen) atoms. The number of hydrogen-bond acceptors (Lipinski definition) is 1. The Morgan fingerprint density at radius 1 is 0.441 bits per heavy atom. The van der Waals surface area contributed by atoms with Gasteiger partial charge < -0.3 is 0 Å². The van der Waals surface area contributed by atoms with Gasteiger partial charge in [0.25, 0.3) is 0 Å². The summed E-state index contributed by atoms with van der Waals surface area (Å²) in [7, 11) is 0. The van der Waals surface area contributed by atoms with Gasteiger partial charge >= 0.3 is 0 Å². The summed E-state index contributed by atoms with van der Waals surface area (Å²) in [5.74, 6) is 0. The van der Waals surface area contributed by atoms with Crippen LogP contribution in [0.3, 0.4) is 0 Å². The van der Waals surface area contributed by atoms with E-state index in [-0.39, 0.29) is 0 Å². The highest BCUT2D eigenvalue weighted by Crippen LogP contribution is 2.39.